The molecule has 0 radical (unpaired) electrons. The SMILES string of the molecule is CCc1c(N)n[nH]c1C(=O)OC. The van der Waals surface area contributed by atoms with Gasteiger partial charge in [-0.2, -0.15) is 5.10 Å². The van der Waals surface area contributed by atoms with Gasteiger partial charge in [0.1, 0.15) is 11.5 Å². The fraction of sp³-hybridized carbons (Fsp3) is 0.429. The third-order valence-corrected chi connectivity index (χ3v) is 1.64. The highest BCUT2D eigenvalue weighted by Gasteiger charge is 2.15. The molecule has 0 fully saturated rings. The van der Waals surface area contributed by atoms with Crippen molar-refractivity contribution in [2.24, 2.45) is 0 Å². The first-order valence-electron chi connectivity index (χ1n) is 3.61. The lowest BCUT2D eigenvalue weighted by atomic mass is 10.2. The summed E-state index contributed by atoms with van der Waals surface area (Å²) in [6.45, 7) is 1.90. The Labute approximate surface area is 69.9 Å². The molecular formula is C7H11N3O2. The van der Waals surface area contributed by atoms with Gasteiger partial charge in [-0.3, -0.25) is 5.10 Å². The summed E-state index contributed by atoms with van der Waals surface area (Å²) >= 11 is 0. The highest BCUT2D eigenvalue weighted by atomic mass is 16.5. The Morgan fingerprint density at radius 1 is 1.75 bits per heavy atom. The van der Waals surface area contributed by atoms with E-state index in [-0.39, 0.29) is 0 Å². The first-order valence-corrected chi connectivity index (χ1v) is 3.61. The number of nitrogens with one attached hydrogen (secondary N) is 1. The van der Waals surface area contributed by atoms with Gasteiger partial charge in [0.25, 0.3) is 0 Å². The second-order valence-corrected chi connectivity index (χ2v) is 2.31. The van der Waals surface area contributed by atoms with E-state index in [0.29, 0.717) is 23.5 Å². The van der Waals surface area contributed by atoms with Gasteiger partial charge in [-0.25, -0.2) is 4.79 Å². The van der Waals surface area contributed by atoms with Gasteiger partial charge in [0.05, 0.1) is 7.11 Å². The van der Waals surface area contributed by atoms with Crippen LogP contribution in [-0.2, 0) is 11.2 Å². The van der Waals surface area contributed by atoms with Crippen LogP contribution in [0.1, 0.15) is 23.0 Å². The number of rotatable bonds is 2. The molecule has 5 heteroatoms. The maximum Gasteiger partial charge on any atom is 0.356 e. The normalized spacial score (nSPS) is 9.83. The van der Waals surface area contributed by atoms with E-state index in [4.69, 9.17) is 5.73 Å². The standard InChI is InChI=1S/C7H11N3O2/c1-3-4-5(7(11)12-2)9-10-6(4)8/h3H2,1-2H3,(H3,8,9,10). The van der Waals surface area contributed by atoms with E-state index in [2.05, 4.69) is 14.9 Å². The molecule has 0 aliphatic heterocycles. The van der Waals surface area contributed by atoms with Crippen LogP contribution in [0.2, 0.25) is 0 Å². The number of ether oxygens (including phenoxy) is 1. The highest BCUT2D eigenvalue weighted by Crippen LogP contribution is 2.14. The second kappa shape index (κ2) is 3.25. The third kappa shape index (κ3) is 1.25. The van der Waals surface area contributed by atoms with E-state index >= 15 is 0 Å². The van der Waals surface area contributed by atoms with Gasteiger partial charge in [0.15, 0.2) is 0 Å². The van der Waals surface area contributed by atoms with Gasteiger partial charge >= 0.3 is 5.97 Å². The summed E-state index contributed by atoms with van der Waals surface area (Å²) in [7, 11) is 1.32. The smallest absolute Gasteiger partial charge is 0.356 e. The molecule has 0 saturated heterocycles. The number of hydrogen-bond donors (Lipinski definition) is 2. The van der Waals surface area contributed by atoms with Crippen LogP contribution in [0.4, 0.5) is 5.82 Å². The Morgan fingerprint density at radius 3 is 2.92 bits per heavy atom. The van der Waals surface area contributed by atoms with Crippen molar-refractivity contribution in [3.63, 3.8) is 0 Å². The van der Waals surface area contributed by atoms with Gasteiger partial charge < -0.3 is 10.5 Å². The molecule has 1 heterocycles. The van der Waals surface area contributed by atoms with Crippen LogP contribution < -0.4 is 5.73 Å². The second-order valence-electron chi connectivity index (χ2n) is 2.31. The molecule has 0 amide bonds. The molecule has 1 rings (SSSR count). The average molecular weight is 169 g/mol. The zero-order chi connectivity index (χ0) is 9.14. The van der Waals surface area contributed by atoms with Crippen molar-refractivity contribution in [2.75, 3.05) is 12.8 Å². The number of carbonyl (C=O) groups is 1. The molecule has 0 aliphatic rings. The number of nitrogen functional groups attached to an aromatic ring is 1. The first-order chi connectivity index (χ1) is 5.70. The summed E-state index contributed by atoms with van der Waals surface area (Å²) in [6.07, 6.45) is 0.659. The topological polar surface area (TPSA) is 81.0 Å². The Hall–Kier alpha value is -1.52. The van der Waals surface area contributed by atoms with Gasteiger partial charge in [0.2, 0.25) is 0 Å². The minimum atomic E-state index is -0.434. The van der Waals surface area contributed by atoms with Crippen molar-refractivity contribution in [3.8, 4) is 0 Å². The minimum Gasteiger partial charge on any atom is -0.464 e. The number of esters is 1. The summed E-state index contributed by atoms with van der Waals surface area (Å²) in [5, 5.41) is 6.23. The fourth-order valence-electron chi connectivity index (χ4n) is 1.01. The first kappa shape index (κ1) is 8.58. The number of nitrogens with zero attached hydrogens (tertiary/aromatic N) is 1. The number of aromatic amines is 1. The average Bonchev–Trinajstić information content (AvgIpc) is 2.45. The molecule has 5 nitrogen and oxygen atoms in total. The summed E-state index contributed by atoms with van der Waals surface area (Å²) in [5.41, 5.74) is 6.55. The van der Waals surface area contributed by atoms with Crippen molar-refractivity contribution in [1.29, 1.82) is 0 Å². The monoisotopic (exact) mass is 169 g/mol. The molecule has 0 unspecified atom stereocenters. The predicted octanol–water partition coefficient (Wildman–Crippen LogP) is 0.341. The number of carbonyl (C=O) groups excluding carboxylic acids is 1. The number of nitrogens with two attached hydrogens (primary N) is 1. The Bertz CT molecular complexity index is 293. The molecule has 12 heavy (non-hydrogen) atoms. The molecule has 0 aromatic carbocycles. The summed E-state index contributed by atoms with van der Waals surface area (Å²) in [6, 6.07) is 0. The quantitative estimate of drug-likeness (QED) is 0.625. The Morgan fingerprint density at radius 2 is 2.42 bits per heavy atom. The lowest BCUT2D eigenvalue weighted by molar-refractivity contribution is 0.0593. The van der Waals surface area contributed by atoms with Gasteiger partial charge in [-0.05, 0) is 6.42 Å². The Kier molecular flexibility index (Phi) is 2.32. The molecule has 0 bridgehead atoms. The minimum absolute atomic E-state index is 0.345. The molecule has 0 aliphatic carbocycles. The molecule has 0 spiro atoms. The van der Waals surface area contributed by atoms with Crippen LogP contribution in [0.3, 0.4) is 0 Å². The lowest BCUT2D eigenvalue weighted by Crippen LogP contribution is -2.05. The van der Waals surface area contributed by atoms with E-state index in [9.17, 15) is 4.79 Å². The van der Waals surface area contributed by atoms with Crippen molar-refractivity contribution in [1.82, 2.24) is 10.2 Å². The van der Waals surface area contributed by atoms with Crippen molar-refractivity contribution >= 4 is 11.8 Å². The molecule has 3 N–H and O–H groups in total. The van der Waals surface area contributed by atoms with E-state index in [1.807, 2.05) is 6.92 Å². The molecule has 0 atom stereocenters. The molecule has 1 aromatic rings. The van der Waals surface area contributed by atoms with Gasteiger partial charge in [-0.1, -0.05) is 6.92 Å². The number of methoxy groups -OCH3 is 1. The van der Waals surface area contributed by atoms with Crippen LogP contribution in [0, 0.1) is 0 Å². The van der Waals surface area contributed by atoms with Crippen LogP contribution >= 0.6 is 0 Å². The predicted molar refractivity (Wildman–Crippen MR) is 43.7 cm³/mol. The fourth-order valence-corrected chi connectivity index (χ4v) is 1.01. The summed E-state index contributed by atoms with van der Waals surface area (Å²) in [5.74, 6) is -0.0750. The van der Waals surface area contributed by atoms with Crippen LogP contribution in [-0.4, -0.2) is 23.3 Å². The van der Waals surface area contributed by atoms with Crippen molar-refractivity contribution < 1.29 is 9.53 Å². The number of anilines is 1. The number of hydrogen-bond acceptors (Lipinski definition) is 4. The lowest BCUT2D eigenvalue weighted by Gasteiger charge is -1.97. The number of aromatic nitrogens is 2. The van der Waals surface area contributed by atoms with E-state index < -0.39 is 5.97 Å². The van der Waals surface area contributed by atoms with Crippen LogP contribution in [0.15, 0.2) is 0 Å². The molecule has 0 saturated carbocycles. The summed E-state index contributed by atoms with van der Waals surface area (Å²) in [4.78, 5) is 11.1. The van der Waals surface area contributed by atoms with Crippen LogP contribution in [0.5, 0.6) is 0 Å². The van der Waals surface area contributed by atoms with Crippen molar-refractivity contribution in [3.05, 3.63) is 11.3 Å². The molecule has 66 valence electrons. The van der Waals surface area contributed by atoms with E-state index in [1.54, 1.807) is 0 Å². The largest absolute Gasteiger partial charge is 0.464 e. The molecular weight excluding hydrogens is 158 g/mol. The third-order valence-electron chi connectivity index (χ3n) is 1.64. The Balaban J connectivity index is 3.07. The highest BCUT2D eigenvalue weighted by molar-refractivity contribution is 5.90. The van der Waals surface area contributed by atoms with Gasteiger partial charge in [0, 0.05) is 5.56 Å². The summed E-state index contributed by atoms with van der Waals surface area (Å²) < 4.78 is 4.53. The maximum atomic E-state index is 11.1. The van der Waals surface area contributed by atoms with E-state index in [1.165, 1.54) is 7.11 Å². The maximum absolute atomic E-state index is 11.1. The zero-order valence-electron chi connectivity index (χ0n) is 7.05. The van der Waals surface area contributed by atoms with Crippen LogP contribution in [0.25, 0.3) is 0 Å². The van der Waals surface area contributed by atoms with Crippen molar-refractivity contribution in [2.45, 2.75) is 13.3 Å². The zero-order valence-corrected chi connectivity index (χ0v) is 7.05. The van der Waals surface area contributed by atoms with Gasteiger partial charge in [-0.15, -0.1) is 0 Å². The molecule has 1 aromatic heterocycles. The van der Waals surface area contributed by atoms with E-state index in [0.717, 1.165) is 0 Å². The number of H-pyrrole nitrogens is 1.